The molecule has 3 aromatic rings. The third-order valence-corrected chi connectivity index (χ3v) is 7.54. The van der Waals surface area contributed by atoms with E-state index in [1.165, 1.54) is 31.4 Å². The summed E-state index contributed by atoms with van der Waals surface area (Å²) in [6.07, 6.45) is -4.85. The molecule has 8 nitrogen and oxygen atoms in total. The van der Waals surface area contributed by atoms with Crippen LogP contribution < -0.4 is 9.80 Å². The van der Waals surface area contributed by atoms with Crippen LogP contribution in [-0.2, 0) is 20.4 Å². The average Bonchev–Trinajstić information content (AvgIpc) is 2.99. The van der Waals surface area contributed by atoms with Crippen molar-refractivity contribution >= 4 is 35.0 Å². The van der Waals surface area contributed by atoms with Crippen LogP contribution >= 0.6 is 0 Å². The molecule has 0 aromatic heterocycles. The van der Waals surface area contributed by atoms with Gasteiger partial charge < -0.3 is 24.2 Å². The molecule has 1 saturated heterocycles. The number of ether oxygens (including phenoxy) is 2. The molecule has 0 radical (unpaired) electrons. The number of piperazine rings is 1. The molecular weight excluding hydrogens is 592 g/mol. The number of hydrogen-bond donors (Lipinski definition) is 0. The van der Waals surface area contributed by atoms with Crippen LogP contribution in [0.1, 0.15) is 54.7 Å². The van der Waals surface area contributed by atoms with Crippen molar-refractivity contribution < 1.29 is 36.6 Å². The molecule has 45 heavy (non-hydrogen) atoms. The van der Waals surface area contributed by atoms with Crippen LogP contribution in [0.3, 0.4) is 0 Å². The van der Waals surface area contributed by atoms with Gasteiger partial charge in [0.05, 0.1) is 36.4 Å². The van der Waals surface area contributed by atoms with Crippen molar-refractivity contribution in [3.63, 3.8) is 0 Å². The highest BCUT2D eigenvalue weighted by atomic mass is 19.4. The van der Waals surface area contributed by atoms with Crippen molar-refractivity contribution in [2.24, 2.45) is 4.99 Å². The Balaban J connectivity index is 1.60. The predicted octanol–water partition coefficient (Wildman–Crippen LogP) is 6.73. The van der Waals surface area contributed by atoms with E-state index in [-0.39, 0.29) is 23.5 Å². The highest BCUT2D eigenvalue weighted by Gasteiger charge is 2.39. The number of carbonyl (C=O) groups is 2. The minimum Gasteiger partial charge on any atom is -0.465 e. The van der Waals surface area contributed by atoms with Gasteiger partial charge in [0.15, 0.2) is 0 Å². The Morgan fingerprint density at radius 1 is 0.889 bits per heavy atom. The van der Waals surface area contributed by atoms with Crippen molar-refractivity contribution in [2.45, 2.75) is 45.0 Å². The molecule has 238 valence electrons. The van der Waals surface area contributed by atoms with Crippen molar-refractivity contribution in [1.29, 1.82) is 0 Å². The number of anilines is 2. The maximum atomic E-state index is 13.9. The fourth-order valence-corrected chi connectivity index (χ4v) is 5.52. The lowest BCUT2D eigenvalue weighted by atomic mass is 9.95. The highest BCUT2D eigenvalue weighted by molar-refractivity contribution is 6.02. The van der Waals surface area contributed by atoms with E-state index in [2.05, 4.69) is 4.90 Å². The summed E-state index contributed by atoms with van der Waals surface area (Å²) in [7, 11) is 1.25. The maximum Gasteiger partial charge on any atom is 0.416 e. The van der Waals surface area contributed by atoms with E-state index in [1.807, 2.05) is 4.90 Å². The van der Waals surface area contributed by atoms with Crippen LogP contribution in [0.25, 0.3) is 0 Å². The van der Waals surface area contributed by atoms with Crippen molar-refractivity contribution in [2.75, 3.05) is 43.1 Å². The summed E-state index contributed by atoms with van der Waals surface area (Å²) in [6.45, 7) is 7.14. The predicted molar refractivity (Wildman–Crippen MR) is 162 cm³/mol. The number of carbonyl (C=O) groups excluding carboxylic acids is 2. The number of rotatable bonds is 5. The van der Waals surface area contributed by atoms with Gasteiger partial charge in [-0.05, 0) is 81.4 Å². The lowest BCUT2D eigenvalue weighted by molar-refractivity contribution is -0.155. The summed E-state index contributed by atoms with van der Waals surface area (Å²) in [5.74, 6) is -1.15. The molecule has 1 fully saturated rings. The minimum absolute atomic E-state index is 0.173. The Morgan fingerprint density at radius 2 is 1.56 bits per heavy atom. The Morgan fingerprint density at radius 3 is 2.18 bits per heavy atom. The van der Waals surface area contributed by atoms with Crippen LogP contribution in [0.5, 0.6) is 0 Å². The number of fused-ring (bicyclic) bond motifs is 1. The van der Waals surface area contributed by atoms with Gasteiger partial charge in [-0.15, -0.1) is 0 Å². The first kappa shape index (κ1) is 31.8. The smallest absolute Gasteiger partial charge is 0.416 e. The molecule has 12 heteroatoms. The van der Waals surface area contributed by atoms with Gasteiger partial charge in [0.2, 0.25) is 5.96 Å². The van der Waals surface area contributed by atoms with Crippen molar-refractivity contribution in [3.05, 3.63) is 89.2 Å². The molecule has 0 saturated carbocycles. The summed E-state index contributed by atoms with van der Waals surface area (Å²) < 4.78 is 65.8. The van der Waals surface area contributed by atoms with Gasteiger partial charge in [0.25, 0.3) is 0 Å². The van der Waals surface area contributed by atoms with Crippen LogP contribution in [0.15, 0.2) is 71.7 Å². The van der Waals surface area contributed by atoms with E-state index in [9.17, 15) is 27.2 Å². The van der Waals surface area contributed by atoms with Crippen LogP contribution in [0.2, 0.25) is 0 Å². The zero-order chi connectivity index (χ0) is 32.5. The van der Waals surface area contributed by atoms with Gasteiger partial charge in [-0.2, -0.15) is 13.2 Å². The molecule has 0 spiro atoms. The summed E-state index contributed by atoms with van der Waals surface area (Å²) >= 11 is 0. The number of aliphatic imine (C=N–C) groups is 1. The zero-order valence-corrected chi connectivity index (χ0v) is 25.4. The summed E-state index contributed by atoms with van der Waals surface area (Å²) in [6, 6.07) is 14.9. The van der Waals surface area contributed by atoms with E-state index in [4.69, 9.17) is 14.5 Å². The maximum absolute atomic E-state index is 13.9. The van der Waals surface area contributed by atoms with Crippen LogP contribution in [-0.4, -0.2) is 61.7 Å². The van der Waals surface area contributed by atoms with Gasteiger partial charge in [-0.3, -0.25) is 4.79 Å². The largest absolute Gasteiger partial charge is 0.465 e. The number of halogens is 4. The van der Waals surface area contributed by atoms with E-state index < -0.39 is 35.3 Å². The quantitative estimate of drug-likeness (QED) is 0.230. The third-order valence-electron chi connectivity index (χ3n) is 7.54. The number of esters is 2. The monoisotopic (exact) mass is 626 g/mol. The lowest BCUT2D eigenvalue weighted by Crippen LogP contribution is -2.55. The lowest BCUT2D eigenvalue weighted by Gasteiger charge is -2.45. The molecule has 0 amide bonds. The second-order valence-corrected chi connectivity index (χ2v) is 11.9. The summed E-state index contributed by atoms with van der Waals surface area (Å²) in [4.78, 5) is 36.4. The molecule has 0 aliphatic carbocycles. The molecule has 2 aliphatic heterocycles. The first-order chi connectivity index (χ1) is 21.2. The topological polar surface area (TPSA) is 74.7 Å². The Labute approximate surface area is 258 Å². The third kappa shape index (κ3) is 7.21. The number of alkyl halides is 3. The highest BCUT2D eigenvalue weighted by Crippen LogP contribution is 2.43. The number of methoxy groups -OCH3 is 1. The minimum atomic E-state index is -4.61. The van der Waals surface area contributed by atoms with Gasteiger partial charge in [-0.25, -0.2) is 14.2 Å². The van der Waals surface area contributed by atoms with E-state index in [0.29, 0.717) is 43.4 Å². The van der Waals surface area contributed by atoms with Gasteiger partial charge in [0, 0.05) is 43.1 Å². The summed E-state index contributed by atoms with van der Waals surface area (Å²) in [5, 5.41) is 0. The van der Waals surface area contributed by atoms with Gasteiger partial charge >= 0.3 is 18.1 Å². The summed E-state index contributed by atoms with van der Waals surface area (Å²) in [5.41, 5.74) is 0.501. The average molecular weight is 627 g/mol. The Hall–Kier alpha value is -4.61. The number of nitrogens with zero attached hydrogens (tertiary/aromatic N) is 4. The van der Waals surface area contributed by atoms with E-state index in [0.717, 1.165) is 17.8 Å². The Kier molecular flexibility index (Phi) is 8.77. The second-order valence-electron chi connectivity index (χ2n) is 11.9. The molecule has 0 bridgehead atoms. The molecular formula is C33H34F4N4O4. The SMILES string of the molecule is COC(=O)c1ccc2c(c1)C(CC(=O)OC(C)(C)C)N(c1cccc(C(F)(F)F)c1)C(N1CCN(c3ccc(F)cc3)CC1)=N2. The molecule has 1 atom stereocenters. The molecule has 5 rings (SSSR count). The zero-order valence-electron chi connectivity index (χ0n) is 25.4. The number of hydrogen-bond acceptors (Lipinski definition) is 8. The number of benzene rings is 3. The van der Waals surface area contributed by atoms with Crippen LogP contribution in [0, 0.1) is 5.82 Å². The van der Waals surface area contributed by atoms with Crippen molar-refractivity contribution in [1.82, 2.24) is 4.90 Å². The Bertz CT molecular complexity index is 1590. The van der Waals surface area contributed by atoms with E-state index >= 15 is 0 Å². The van der Waals surface area contributed by atoms with Crippen LogP contribution in [0.4, 0.5) is 34.6 Å². The number of guanidine groups is 1. The fourth-order valence-electron chi connectivity index (χ4n) is 5.52. The molecule has 2 aliphatic rings. The molecule has 3 aromatic carbocycles. The molecule has 1 unspecified atom stereocenters. The van der Waals surface area contributed by atoms with E-state index in [1.54, 1.807) is 56.0 Å². The molecule has 0 N–H and O–H groups in total. The standard InChI is InChI=1S/C33H34F4N4O4/c1-32(2,3)45-29(42)20-28-26-18-21(30(43)44-4)8-13-27(26)38-31(41(28)25-7-5-6-22(19-25)33(35,36)37)40-16-14-39(15-17-40)24-11-9-23(34)10-12-24/h5-13,18-19,28H,14-17,20H2,1-4H3. The molecule has 2 heterocycles. The first-order valence-corrected chi connectivity index (χ1v) is 14.5. The van der Waals surface area contributed by atoms with Crippen molar-refractivity contribution in [3.8, 4) is 0 Å². The van der Waals surface area contributed by atoms with Gasteiger partial charge in [0.1, 0.15) is 11.4 Å². The normalized spacial score (nSPS) is 17.0. The second kappa shape index (κ2) is 12.4. The van der Waals surface area contributed by atoms with Gasteiger partial charge in [-0.1, -0.05) is 6.07 Å². The fraction of sp³-hybridized carbons (Fsp3) is 0.364. The first-order valence-electron chi connectivity index (χ1n) is 14.5.